The topological polar surface area (TPSA) is 34.0 Å². The first-order valence-corrected chi connectivity index (χ1v) is 7.62. The summed E-state index contributed by atoms with van der Waals surface area (Å²) in [4.78, 5) is 11.4. The summed E-state index contributed by atoms with van der Waals surface area (Å²) < 4.78 is 1.67. The molecule has 4 aliphatic carbocycles. The van der Waals surface area contributed by atoms with E-state index in [1.54, 1.807) is 10.6 Å². The molecule has 3 heteroatoms. The predicted molar refractivity (Wildman–Crippen MR) is 76.1 cm³/mol. The van der Waals surface area contributed by atoms with Crippen molar-refractivity contribution in [2.24, 2.45) is 30.7 Å². The average molecular weight is 258 g/mol. The summed E-state index contributed by atoms with van der Waals surface area (Å²) in [6.45, 7) is 0. The van der Waals surface area contributed by atoms with Crippen molar-refractivity contribution in [3.63, 3.8) is 0 Å². The highest BCUT2D eigenvalue weighted by Gasteiger charge is 2.48. The molecule has 1 aromatic heterocycles. The Bertz CT molecular complexity index is 520. The highest BCUT2D eigenvalue weighted by atomic mass is 16.1. The first kappa shape index (κ1) is 11.6. The summed E-state index contributed by atoms with van der Waals surface area (Å²) in [5.41, 5.74) is 1.18. The van der Waals surface area contributed by atoms with Crippen LogP contribution in [0, 0.1) is 23.7 Å². The molecule has 4 fully saturated rings. The van der Waals surface area contributed by atoms with Gasteiger partial charge in [0.1, 0.15) is 0 Å². The molecule has 4 bridgehead atoms. The van der Waals surface area contributed by atoms with Crippen molar-refractivity contribution in [1.29, 1.82) is 0 Å². The molecule has 1 N–H and O–H groups in total. The fraction of sp³-hybridized carbons (Fsp3) is 0.688. The van der Waals surface area contributed by atoms with E-state index in [1.165, 1.54) is 32.1 Å². The Morgan fingerprint density at radius 3 is 2.26 bits per heavy atom. The molecule has 3 nitrogen and oxygen atoms in total. The van der Waals surface area contributed by atoms with Gasteiger partial charge in [0.25, 0.3) is 0 Å². The second kappa shape index (κ2) is 4.12. The largest absolute Gasteiger partial charge is 0.381 e. The number of nitrogens with one attached hydrogen (secondary N) is 1. The van der Waals surface area contributed by atoms with Gasteiger partial charge in [-0.15, -0.1) is 0 Å². The lowest BCUT2D eigenvalue weighted by atomic mass is 9.54. The summed E-state index contributed by atoms with van der Waals surface area (Å²) in [7, 11) is 1.82. The van der Waals surface area contributed by atoms with E-state index in [0.717, 1.165) is 29.4 Å². The number of aryl methyl sites for hydroxylation is 1. The molecule has 1 aromatic rings. The van der Waals surface area contributed by atoms with Crippen LogP contribution in [0.3, 0.4) is 0 Å². The van der Waals surface area contributed by atoms with Crippen LogP contribution >= 0.6 is 0 Å². The highest BCUT2D eigenvalue weighted by Crippen LogP contribution is 2.54. The fourth-order valence-corrected chi connectivity index (χ4v) is 5.03. The van der Waals surface area contributed by atoms with Crippen LogP contribution in [0.15, 0.2) is 23.1 Å². The van der Waals surface area contributed by atoms with Gasteiger partial charge in [-0.2, -0.15) is 0 Å². The quantitative estimate of drug-likeness (QED) is 0.885. The molecule has 0 amide bonds. The van der Waals surface area contributed by atoms with E-state index in [4.69, 9.17) is 0 Å². The van der Waals surface area contributed by atoms with Gasteiger partial charge in [-0.1, -0.05) is 0 Å². The zero-order valence-electron chi connectivity index (χ0n) is 11.5. The minimum atomic E-state index is 0.0654. The number of rotatable bonds is 2. The summed E-state index contributed by atoms with van der Waals surface area (Å²) in [6.07, 6.45) is 9.15. The lowest BCUT2D eigenvalue weighted by Crippen LogP contribution is -2.51. The summed E-state index contributed by atoms with van der Waals surface area (Å²) in [5, 5.41) is 3.73. The molecule has 4 saturated carbocycles. The number of aromatic nitrogens is 1. The van der Waals surface area contributed by atoms with Crippen molar-refractivity contribution in [2.75, 3.05) is 5.32 Å². The molecule has 0 atom stereocenters. The second-order valence-corrected chi connectivity index (χ2v) is 6.97. The van der Waals surface area contributed by atoms with Crippen LogP contribution in [0.5, 0.6) is 0 Å². The monoisotopic (exact) mass is 258 g/mol. The van der Waals surface area contributed by atoms with Crippen molar-refractivity contribution in [3.05, 3.63) is 28.7 Å². The minimum absolute atomic E-state index is 0.0654. The van der Waals surface area contributed by atoms with Gasteiger partial charge in [0.15, 0.2) is 0 Å². The van der Waals surface area contributed by atoms with Gasteiger partial charge >= 0.3 is 0 Å². The van der Waals surface area contributed by atoms with Crippen molar-refractivity contribution in [1.82, 2.24) is 4.57 Å². The van der Waals surface area contributed by atoms with E-state index in [0.29, 0.717) is 6.04 Å². The van der Waals surface area contributed by atoms with E-state index >= 15 is 0 Å². The number of hydrogen-bond donors (Lipinski definition) is 1. The van der Waals surface area contributed by atoms with Crippen molar-refractivity contribution >= 4 is 5.69 Å². The van der Waals surface area contributed by atoms with Crippen molar-refractivity contribution in [3.8, 4) is 0 Å². The van der Waals surface area contributed by atoms with Crippen molar-refractivity contribution < 1.29 is 0 Å². The normalized spacial score (nSPS) is 39.5. The van der Waals surface area contributed by atoms with Gasteiger partial charge in [0.05, 0.1) is 5.69 Å². The second-order valence-electron chi connectivity index (χ2n) is 6.97. The SMILES string of the molecule is Cn1cc(NC2C3CC4CC(C3)CC2C4)ccc1=O. The minimum Gasteiger partial charge on any atom is -0.381 e. The Hall–Kier alpha value is -1.25. The smallest absolute Gasteiger partial charge is 0.250 e. The number of anilines is 1. The molecule has 0 aliphatic heterocycles. The molecule has 0 aromatic carbocycles. The lowest BCUT2D eigenvalue weighted by Gasteiger charge is -2.54. The van der Waals surface area contributed by atoms with Gasteiger partial charge in [-0.05, 0) is 61.8 Å². The van der Waals surface area contributed by atoms with Gasteiger partial charge < -0.3 is 9.88 Å². The van der Waals surface area contributed by atoms with Gasteiger partial charge in [0, 0.05) is 25.4 Å². The number of nitrogens with zero attached hydrogens (tertiary/aromatic N) is 1. The van der Waals surface area contributed by atoms with Crippen LogP contribution in [0.2, 0.25) is 0 Å². The van der Waals surface area contributed by atoms with E-state index < -0.39 is 0 Å². The standard InChI is InChI=1S/C16H22N2O/c1-18-9-14(2-3-15(18)19)17-16-12-5-10-4-11(7-12)8-13(16)6-10/h2-3,9-13,16-17H,4-8H2,1H3. The fourth-order valence-electron chi connectivity index (χ4n) is 5.03. The number of pyridine rings is 1. The first-order valence-electron chi connectivity index (χ1n) is 7.62. The molecule has 0 spiro atoms. The van der Waals surface area contributed by atoms with Crippen LogP contribution in [0.1, 0.15) is 32.1 Å². The van der Waals surface area contributed by atoms with Crippen molar-refractivity contribution in [2.45, 2.75) is 38.1 Å². The van der Waals surface area contributed by atoms with E-state index in [9.17, 15) is 4.79 Å². The third-order valence-electron chi connectivity index (χ3n) is 5.65. The summed E-state index contributed by atoms with van der Waals surface area (Å²) in [6, 6.07) is 4.25. The van der Waals surface area contributed by atoms with E-state index in [1.807, 2.05) is 19.3 Å². The van der Waals surface area contributed by atoms with Crippen LogP contribution in [-0.2, 0) is 7.05 Å². The molecular weight excluding hydrogens is 236 g/mol. The molecule has 0 unspecified atom stereocenters. The molecule has 1 heterocycles. The highest BCUT2D eigenvalue weighted by molar-refractivity contribution is 5.42. The van der Waals surface area contributed by atoms with Crippen LogP contribution < -0.4 is 10.9 Å². The van der Waals surface area contributed by atoms with Gasteiger partial charge in [-0.3, -0.25) is 4.79 Å². The molecule has 0 radical (unpaired) electrons. The Balaban J connectivity index is 1.56. The Morgan fingerprint density at radius 2 is 1.68 bits per heavy atom. The Labute approximate surface area is 114 Å². The molecule has 0 saturated heterocycles. The maximum absolute atomic E-state index is 11.4. The molecule has 4 aliphatic rings. The first-order chi connectivity index (χ1) is 9.19. The average Bonchev–Trinajstić information content (AvgIpc) is 2.37. The predicted octanol–water partition coefficient (Wildman–Crippen LogP) is 2.62. The van der Waals surface area contributed by atoms with Gasteiger partial charge in [0.2, 0.25) is 5.56 Å². The lowest BCUT2D eigenvalue weighted by molar-refractivity contribution is 0.00752. The maximum Gasteiger partial charge on any atom is 0.250 e. The Kier molecular flexibility index (Phi) is 2.51. The summed E-state index contributed by atoms with van der Waals surface area (Å²) >= 11 is 0. The van der Waals surface area contributed by atoms with Crippen LogP contribution in [0.25, 0.3) is 0 Å². The van der Waals surface area contributed by atoms with E-state index in [-0.39, 0.29) is 5.56 Å². The van der Waals surface area contributed by atoms with Crippen LogP contribution in [0.4, 0.5) is 5.69 Å². The third kappa shape index (κ3) is 1.90. The molecule has 5 rings (SSSR count). The third-order valence-corrected chi connectivity index (χ3v) is 5.65. The maximum atomic E-state index is 11.4. The van der Waals surface area contributed by atoms with Crippen LogP contribution in [-0.4, -0.2) is 10.6 Å². The zero-order chi connectivity index (χ0) is 13.0. The number of hydrogen-bond acceptors (Lipinski definition) is 2. The van der Waals surface area contributed by atoms with Gasteiger partial charge in [-0.25, -0.2) is 0 Å². The molecular formula is C16H22N2O. The molecule has 102 valence electrons. The molecule has 19 heavy (non-hydrogen) atoms. The van der Waals surface area contributed by atoms with E-state index in [2.05, 4.69) is 5.32 Å². The zero-order valence-corrected chi connectivity index (χ0v) is 11.5. The Morgan fingerprint density at radius 1 is 1.05 bits per heavy atom. The summed E-state index contributed by atoms with van der Waals surface area (Å²) in [5.74, 6) is 3.77.